The molecule has 1 rings (SSSR count). The summed E-state index contributed by atoms with van der Waals surface area (Å²) in [5.41, 5.74) is 7.45. The number of unbranched alkanes of at least 4 members (excludes halogenated alkanes) is 1. The first kappa shape index (κ1) is 23.0. The van der Waals surface area contributed by atoms with Crippen LogP contribution in [0.1, 0.15) is 51.5 Å². The number of ether oxygens (including phenoxy) is 1. The molecule has 1 atom stereocenters. The number of carbonyl (C=O) groups is 3. The molecule has 0 aliphatic carbocycles. The molecule has 0 aliphatic rings. The first-order valence-electron chi connectivity index (χ1n) is 9.71. The Morgan fingerprint density at radius 3 is 2.30 bits per heavy atom. The van der Waals surface area contributed by atoms with Gasteiger partial charge in [-0.3, -0.25) is 14.4 Å². The van der Waals surface area contributed by atoms with Crippen molar-refractivity contribution in [1.82, 2.24) is 0 Å². The fourth-order valence-electron chi connectivity index (χ4n) is 2.64. The number of anilines is 1. The van der Waals surface area contributed by atoms with Crippen LogP contribution in [0.5, 0.6) is 0 Å². The number of hydrogen-bond acceptors (Lipinski definition) is 5. The van der Waals surface area contributed by atoms with Gasteiger partial charge >= 0.3 is 0 Å². The Bertz CT molecular complexity index is 599. The van der Waals surface area contributed by atoms with Gasteiger partial charge in [0.05, 0.1) is 0 Å². The van der Waals surface area contributed by atoms with Gasteiger partial charge in [0.15, 0.2) is 11.6 Å². The van der Waals surface area contributed by atoms with Crippen LogP contribution in [0.25, 0.3) is 0 Å². The minimum atomic E-state index is -0.430. The molecular formula is C21H32N2O4. The topological polar surface area (TPSA) is 98.5 Å². The molecule has 0 bridgehead atoms. The lowest BCUT2D eigenvalue weighted by Gasteiger charge is -2.16. The molecule has 6 heteroatoms. The summed E-state index contributed by atoms with van der Waals surface area (Å²) in [6.45, 7) is 4.18. The van der Waals surface area contributed by atoms with Crippen LogP contribution in [0.4, 0.5) is 5.69 Å². The van der Waals surface area contributed by atoms with Crippen LogP contribution in [0, 0.1) is 5.92 Å². The number of ketones is 2. The van der Waals surface area contributed by atoms with Crippen LogP contribution in [0.3, 0.4) is 0 Å². The minimum Gasteiger partial charge on any atom is -0.366 e. The van der Waals surface area contributed by atoms with Crippen molar-refractivity contribution in [3.63, 3.8) is 0 Å². The number of hydrogen-bond donors (Lipinski definition) is 2. The second-order valence-corrected chi connectivity index (χ2v) is 6.65. The van der Waals surface area contributed by atoms with Gasteiger partial charge in [-0.1, -0.05) is 32.4 Å². The van der Waals surface area contributed by atoms with Crippen LogP contribution in [0.15, 0.2) is 24.3 Å². The highest BCUT2D eigenvalue weighted by atomic mass is 16.5. The van der Waals surface area contributed by atoms with Gasteiger partial charge in [-0.15, -0.1) is 0 Å². The molecule has 27 heavy (non-hydrogen) atoms. The van der Waals surface area contributed by atoms with Gasteiger partial charge < -0.3 is 15.8 Å². The van der Waals surface area contributed by atoms with E-state index in [9.17, 15) is 14.4 Å². The average Bonchev–Trinajstić information content (AvgIpc) is 2.67. The van der Waals surface area contributed by atoms with E-state index in [1.807, 2.05) is 24.3 Å². The summed E-state index contributed by atoms with van der Waals surface area (Å²) >= 11 is 0. The Hall–Kier alpha value is -2.05. The van der Waals surface area contributed by atoms with Gasteiger partial charge in [0.25, 0.3) is 0 Å². The molecule has 0 radical (unpaired) electrons. The molecule has 3 N–H and O–H groups in total. The Labute approximate surface area is 161 Å². The van der Waals surface area contributed by atoms with Crippen LogP contribution < -0.4 is 11.1 Å². The highest BCUT2D eigenvalue weighted by molar-refractivity contribution is 5.95. The highest BCUT2D eigenvalue weighted by Gasteiger charge is 2.22. The number of aryl methyl sites for hydroxylation is 1. The van der Waals surface area contributed by atoms with Crippen LogP contribution in [-0.2, 0) is 25.5 Å². The number of rotatable bonds is 14. The van der Waals surface area contributed by atoms with E-state index in [-0.39, 0.29) is 37.1 Å². The van der Waals surface area contributed by atoms with Crippen molar-refractivity contribution in [2.45, 2.75) is 52.4 Å². The lowest BCUT2D eigenvalue weighted by molar-refractivity contribution is -0.131. The van der Waals surface area contributed by atoms with E-state index in [1.165, 1.54) is 5.56 Å². The van der Waals surface area contributed by atoms with Crippen molar-refractivity contribution in [2.24, 2.45) is 11.7 Å². The molecule has 0 heterocycles. The zero-order chi connectivity index (χ0) is 20.1. The van der Waals surface area contributed by atoms with E-state index >= 15 is 0 Å². The molecular weight excluding hydrogens is 344 g/mol. The second-order valence-electron chi connectivity index (χ2n) is 6.65. The van der Waals surface area contributed by atoms with E-state index in [1.54, 1.807) is 6.92 Å². The monoisotopic (exact) mass is 376 g/mol. The zero-order valence-electron chi connectivity index (χ0n) is 16.5. The molecule has 1 unspecified atom stereocenters. The second kappa shape index (κ2) is 13.2. The molecule has 0 aliphatic heterocycles. The van der Waals surface area contributed by atoms with Gasteiger partial charge in [0.1, 0.15) is 13.2 Å². The fraction of sp³-hybridized carbons (Fsp3) is 0.571. The number of amides is 1. The number of carbonyl (C=O) groups excluding carboxylic acids is 3. The van der Waals surface area contributed by atoms with Crippen molar-refractivity contribution in [2.75, 3.05) is 25.1 Å². The summed E-state index contributed by atoms with van der Waals surface area (Å²) in [5.74, 6) is -0.821. The smallest absolute Gasteiger partial charge is 0.227 e. The molecule has 150 valence electrons. The van der Waals surface area contributed by atoms with Crippen molar-refractivity contribution < 1.29 is 19.1 Å². The Morgan fingerprint density at radius 1 is 1.04 bits per heavy atom. The summed E-state index contributed by atoms with van der Waals surface area (Å²) < 4.78 is 5.15. The standard InChI is InChI=1S/C21H32N2O4/c1-3-16-8-10-18(11-9-16)23-21(26)17(7-5-6-12-22)13-20(25)15-27-14-19(24)4-2/h8-11,17H,3-7,12-15,22H2,1-2H3,(H,23,26). The summed E-state index contributed by atoms with van der Waals surface area (Å²) in [6.07, 6.45) is 3.61. The first-order chi connectivity index (χ1) is 13.0. The summed E-state index contributed by atoms with van der Waals surface area (Å²) in [5, 5.41) is 2.89. The predicted molar refractivity (Wildman–Crippen MR) is 107 cm³/mol. The van der Waals surface area contributed by atoms with Gasteiger partial charge in [-0.05, 0) is 43.5 Å². The highest BCUT2D eigenvalue weighted by Crippen LogP contribution is 2.18. The van der Waals surface area contributed by atoms with E-state index in [2.05, 4.69) is 12.2 Å². The minimum absolute atomic E-state index is 0.0458. The van der Waals surface area contributed by atoms with E-state index in [0.29, 0.717) is 19.4 Å². The summed E-state index contributed by atoms with van der Waals surface area (Å²) in [7, 11) is 0. The molecule has 1 aromatic carbocycles. The zero-order valence-corrected chi connectivity index (χ0v) is 16.5. The number of benzene rings is 1. The van der Waals surface area contributed by atoms with Crippen molar-refractivity contribution in [1.29, 1.82) is 0 Å². The lowest BCUT2D eigenvalue weighted by Crippen LogP contribution is -2.27. The van der Waals surface area contributed by atoms with Crippen molar-refractivity contribution in [3.8, 4) is 0 Å². The number of Topliss-reactive ketones (excluding diaryl/α,β-unsaturated/α-hetero) is 2. The largest absolute Gasteiger partial charge is 0.366 e. The third-order valence-corrected chi connectivity index (χ3v) is 4.40. The molecule has 0 aromatic heterocycles. The Balaban J connectivity index is 2.60. The fourth-order valence-corrected chi connectivity index (χ4v) is 2.64. The summed E-state index contributed by atoms with van der Waals surface area (Å²) in [6, 6.07) is 7.69. The lowest BCUT2D eigenvalue weighted by atomic mass is 9.95. The van der Waals surface area contributed by atoms with Gasteiger partial charge in [-0.25, -0.2) is 0 Å². The molecule has 6 nitrogen and oxygen atoms in total. The van der Waals surface area contributed by atoms with Crippen molar-refractivity contribution in [3.05, 3.63) is 29.8 Å². The Morgan fingerprint density at radius 2 is 1.70 bits per heavy atom. The average molecular weight is 376 g/mol. The van der Waals surface area contributed by atoms with Crippen LogP contribution in [0.2, 0.25) is 0 Å². The van der Waals surface area contributed by atoms with E-state index in [4.69, 9.17) is 10.5 Å². The third-order valence-electron chi connectivity index (χ3n) is 4.40. The maximum atomic E-state index is 12.6. The van der Waals surface area contributed by atoms with Gasteiger partial charge in [0.2, 0.25) is 5.91 Å². The summed E-state index contributed by atoms with van der Waals surface area (Å²) in [4.78, 5) is 36.0. The molecule has 1 aromatic rings. The van der Waals surface area contributed by atoms with Crippen molar-refractivity contribution >= 4 is 23.2 Å². The van der Waals surface area contributed by atoms with Gasteiger partial charge in [0, 0.05) is 24.4 Å². The van der Waals surface area contributed by atoms with Crippen LogP contribution in [-0.4, -0.2) is 37.2 Å². The quantitative estimate of drug-likeness (QED) is 0.487. The number of nitrogens with two attached hydrogens (primary N) is 1. The maximum absolute atomic E-state index is 12.6. The Kier molecular flexibility index (Phi) is 11.2. The molecule has 0 saturated carbocycles. The first-order valence-corrected chi connectivity index (χ1v) is 9.71. The van der Waals surface area contributed by atoms with E-state index in [0.717, 1.165) is 24.9 Å². The van der Waals surface area contributed by atoms with Gasteiger partial charge in [-0.2, -0.15) is 0 Å². The molecule has 0 fully saturated rings. The maximum Gasteiger partial charge on any atom is 0.227 e. The SMILES string of the molecule is CCC(=O)COCC(=O)CC(CCCCN)C(=O)Nc1ccc(CC)cc1. The molecule has 1 amide bonds. The molecule has 0 saturated heterocycles. The predicted octanol–water partition coefficient (Wildman–Crippen LogP) is 2.89. The normalized spacial score (nSPS) is 11.8. The third kappa shape index (κ3) is 9.45. The van der Waals surface area contributed by atoms with Crippen LogP contribution >= 0.6 is 0 Å². The molecule has 0 spiro atoms. The van der Waals surface area contributed by atoms with E-state index < -0.39 is 5.92 Å². The number of nitrogens with one attached hydrogen (secondary N) is 1.